The van der Waals surface area contributed by atoms with Crippen LogP contribution in [-0.2, 0) is 6.42 Å². The Labute approximate surface area is 321 Å². The molecular formula is C51H40BN3. The van der Waals surface area contributed by atoms with Crippen LogP contribution in [0.1, 0.15) is 37.5 Å². The molecule has 5 heterocycles. The van der Waals surface area contributed by atoms with Crippen molar-refractivity contribution in [1.82, 2.24) is 13.5 Å². The van der Waals surface area contributed by atoms with Gasteiger partial charge < -0.3 is 4.57 Å². The molecule has 262 valence electrons. The van der Waals surface area contributed by atoms with Gasteiger partial charge in [0.2, 0.25) is 0 Å². The van der Waals surface area contributed by atoms with E-state index in [0.717, 1.165) is 6.42 Å². The Balaban J connectivity index is 1.35. The summed E-state index contributed by atoms with van der Waals surface area (Å²) >= 11 is 0. The van der Waals surface area contributed by atoms with Crippen LogP contribution in [0.5, 0.6) is 0 Å². The van der Waals surface area contributed by atoms with Crippen LogP contribution in [0.2, 0.25) is 0 Å². The zero-order chi connectivity index (χ0) is 36.9. The summed E-state index contributed by atoms with van der Waals surface area (Å²) < 4.78 is 7.88. The van der Waals surface area contributed by atoms with Gasteiger partial charge in [0, 0.05) is 38.6 Å². The minimum absolute atomic E-state index is 0.0616. The third-order valence-corrected chi connectivity index (χ3v) is 12.6. The number of imidazole rings is 1. The summed E-state index contributed by atoms with van der Waals surface area (Å²) in [6.45, 7) is 11.7. The Kier molecular flexibility index (Phi) is 6.06. The second-order valence-corrected chi connectivity index (χ2v) is 17.3. The molecule has 7 aromatic carbocycles. The number of hydrogen-bond acceptors (Lipinski definition) is 0. The van der Waals surface area contributed by atoms with Crippen molar-refractivity contribution in [3.05, 3.63) is 156 Å². The van der Waals surface area contributed by atoms with Crippen molar-refractivity contribution in [2.24, 2.45) is 5.41 Å². The van der Waals surface area contributed by atoms with E-state index in [-0.39, 0.29) is 12.1 Å². The van der Waals surface area contributed by atoms with Crippen molar-refractivity contribution in [1.29, 1.82) is 0 Å². The normalized spacial score (nSPS) is 13.2. The maximum Gasteiger partial charge on any atom is 0.252 e. The van der Waals surface area contributed by atoms with Gasteiger partial charge >= 0.3 is 0 Å². The molecule has 2 aliphatic heterocycles. The second-order valence-electron chi connectivity index (χ2n) is 17.3. The molecule has 0 saturated heterocycles. The molecule has 3 nitrogen and oxygen atoms in total. The van der Waals surface area contributed by atoms with Gasteiger partial charge in [0.25, 0.3) is 6.71 Å². The predicted molar refractivity (Wildman–Crippen MR) is 234 cm³/mol. The van der Waals surface area contributed by atoms with Crippen LogP contribution in [0.25, 0.3) is 83.0 Å². The number of fused-ring (bicyclic) bond motifs is 12. The minimum Gasteiger partial charge on any atom is -0.310 e. The van der Waals surface area contributed by atoms with Gasteiger partial charge in [-0.05, 0) is 106 Å². The molecule has 0 spiro atoms. The fourth-order valence-electron chi connectivity index (χ4n) is 10.6. The highest BCUT2D eigenvalue weighted by molar-refractivity contribution is 7.00. The molecule has 0 amide bonds. The van der Waals surface area contributed by atoms with E-state index < -0.39 is 0 Å². The molecule has 0 N–H and O–H groups in total. The first-order valence-electron chi connectivity index (χ1n) is 19.7. The molecule has 4 heteroatoms. The fourth-order valence-corrected chi connectivity index (χ4v) is 10.6. The van der Waals surface area contributed by atoms with Gasteiger partial charge in [-0.1, -0.05) is 130 Å². The first-order chi connectivity index (χ1) is 26.8. The summed E-state index contributed by atoms with van der Waals surface area (Å²) in [5.41, 5.74) is 23.7. The van der Waals surface area contributed by atoms with Gasteiger partial charge in [0.05, 0.1) is 22.1 Å². The highest BCUT2D eigenvalue weighted by Gasteiger charge is 2.42. The second kappa shape index (κ2) is 10.7. The monoisotopic (exact) mass is 705 g/mol. The van der Waals surface area contributed by atoms with Gasteiger partial charge in [-0.2, -0.15) is 0 Å². The smallest absolute Gasteiger partial charge is 0.252 e. The van der Waals surface area contributed by atoms with Crippen molar-refractivity contribution in [3.63, 3.8) is 0 Å². The number of benzene rings is 7. The van der Waals surface area contributed by atoms with Crippen molar-refractivity contribution in [3.8, 4) is 33.6 Å². The van der Waals surface area contributed by atoms with E-state index in [0.29, 0.717) is 0 Å². The highest BCUT2D eigenvalue weighted by atomic mass is 15.2. The molecule has 0 unspecified atom stereocenters. The number of nitrogens with zero attached hydrogens (tertiary/aromatic N) is 3. The van der Waals surface area contributed by atoms with E-state index in [1.807, 2.05) is 0 Å². The third-order valence-electron chi connectivity index (χ3n) is 12.6. The van der Waals surface area contributed by atoms with Crippen LogP contribution in [0, 0.1) is 19.3 Å². The summed E-state index contributed by atoms with van der Waals surface area (Å²) in [4.78, 5) is 0. The molecule has 0 radical (unpaired) electrons. The summed E-state index contributed by atoms with van der Waals surface area (Å²) in [7, 11) is 0. The molecule has 0 aliphatic carbocycles. The van der Waals surface area contributed by atoms with Gasteiger partial charge in [0.15, 0.2) is 0 Å². The van der Waals surface area contributed by atoms with Crippen LogP contribution in [0.3, 0.4) is 0 Å². The number of aryl methyl sites for hydroxylation is 2. The van der Waals surface area contributed by atoms with Crippen molar-refractivity contribution >= 4 is 72.5 Å². The largest absolute Gasteiger partial charge is 0.310 e. The van der Waals surface area contributed by atoms with Crippen molar-refractivity contribution in [2.75, 3.05) is 0 Å². The quantitative estimate of drug-likeness (QED) is 0.163. The third kappa shape index (κ3) is 4.07. The zero-order valence-corrected chi connectivity index (χ0v) is 31.9. The lowest BCUT2D eigenvalue weighted by molar-refractivity contribution is 0.413. The summed E-state index contributed by atoms with van der Waals surface area (Å²) in [5, 5.41) is 3.97. The Morgan fingerprint density at radius 1 is 0.509 bits per heavy atom. The first kappa shape index (κ1) is 31.1. The Morgan fingerprint density at radius 3 is 1.93 bits per heavy atom. The van der Waals surface area contributed by atoms with Gasteiger partial charge in [-0.15, -0.1) is 0 Å². The highest BCUT2D eigenvalue weighted by Crippen LogP contribution is 2.43. The summed E-state index contributed by atoms with van der Waals surface area (Å²) in [6, 6.07) is 52.9. The van der Waals surface area contributed by atoms with Crippen LogP contribution in [-0.4, -0.2) is 20.2 Å². The van der Waals surface area contributed by atoms with E-state index in [2.05, 4.69) is 188 Å². The Morgan fingerprint density at radius 2 is 1.16 bits per heavy atom. The van der Waals surface area contributed by atoms with E-state index >= 15 is 0 Å². The van der Waals surface area contributed by atoms with E-state index in [9.17, 15) is 0 Å². The molecule has 55 heavy (non-hydrogen) atoms. The maximum atomic E-state index is 2.68. The lowest BCUT2D eigenvalue weighted by Gasteiger charge is -2.34. The predicted octanol–water partition coefficient (Wildman–Crippen LogP) is 10.8. The van der Waals surface area contributed by atoms with Gasteiger partial charge in [-0.25, -0.2) is 0 Å². The average Bonchev–Trinajstić information content (AvgIpc) is 3.82. The summed E-state index contributed by atoms with van der Waals surface area (Å²) in [6.07, 6.45) is 0.967. The number of rotatable bonds is 3. The Hall–Kier alpha value is -6.26. The minimum atomic E-state index is 0.0616. The maximum absolute atomic E-state index is 2.68. The van der Waals surface area contributed by atoms with Crippen LogP contribution in [0.15, 0.2) is 140 Å². The lowest BCUT2D eigenvalue weighted by atomic mass is 9.34. The molecule has 2 aliphatic rings. The molecular weight excluding hydrogens is 665 g/mol. The van der Waals surface area contributed by atoms with E-state index in [1.165, 1.54) is 116 Å². The number of aromatic nitrogens is 3. The molecule has 0 fully saturated rings. The zero-order valence-electron chi connectivity index (χ0n) is 31.9. The average molecular weight is 706 g/mol. The number of para-hydroxylation sites is 3. The molecule has 0 atom stereocenters. The molecule has 0 saturated carbocycles. The first-order valence-corrected chi connectivity index (χ1v) is 19.7. The van der Waals surface area contributed by atoms with Crippen molar-refractivity contribution in [2.45, 2.75) is 41.0 Å². The molecule has 10 aromatic rings. The number of hydrogen-bond donors (Lipinski definition) is 0. The standard InChI is InChI=1S/C51H40BN3/c1-30-15-13-16-31(2)46(30)34-25-40-49-45(28-34)54-42-24-12-10-20-36(42)38(29-51(3,4)5)50(54)55(49)44-27-33(32-17-7-6-8-18-32)26-43-47(44)52(40)39-22-14-21-37-35-19-9-11-23-41(35)53(43)48(37)39/h6-28H,29H2,1-5H3. The lowest BCUT2D eigenvalue weighted by Crippen LogP contribution is -2.59. The van der Waals surface area contributed by atoms with E-state index in [1.54, 1.807) is 0 Å². The van der Waals surface area contributed by atoms with Crippen molar-refractivity contribution < 1.29 is 0 Å². The molecule has 12 rings (SSSR count). The SMILES string of the molecule is Cc1cccc(C)c1-c1cc2c3c(c1)n1c4ccccc4c(CC(C)(C)C)c1n3-c1cc(-c3ccccc3)cc3c1B2c1cccc2c4ccccc4n-3c12. The Bertz CT molecular complexity index is 3270. The van der Waals surface area contributed by atoms with Crippen LogP contribution >= 0.6 is 0 Å². The van der Waals surface area contributed by atoms with Crippen LogP contribution < -0.4 is 16.4 Å². The molecule has 3 aromatic heterocycles. The van der Waals surface area contributed by atoms with Gasteiger partial charge in [0.1, 0.15) is 5.65 Å². The van der Waals surface area contributed by atoms with Crippen LogP contribution in [0.4, 0.5) is 0 Å². The summed E-state index contributed by atoms with van der Waals surface area (Å²) in [5.74, 6) is 0. The van der Waals surface area contributed by atoms with E-state index in [4.69, 9.17) is 0 Å². The molecule has 0 bridgehead atoms. The fraction of sp³-hybridized carbons (Fsp3) is 0.137. The topological polar surface area (TPSA) is 14.3 Å². The van der Waals surface area contributed by atoms with Gasteiger partial charge in [-0.3, -0.25) is 8.97 Å².